The minimum Gasteiger partial charge on any atom is -0.469 e. The van der Waals surface area contributed by atoms with Crippen molar-refractivity contribution in [1.82, 2.24) is 0 Å². The normalized spacial score (nSPS) is 21.0. The van der Waals surface area contributed by atoms with E-state index in [0.717, 1.165) is 48.0 Å². The number of ether oxygens (including phenoxy) is 8. The van der Waals surface area contributed by atoms with E-state index in [4.69, 9.17) is 37.9 Å². The van der Waals surface area contributed by atoms with Gasteiger partial charge in [-0.1, -0.05) is 72.8 Å². The fourth-order valence-corrected chi connectivity index (χ4v) is 11.8. The van der Waals surface area contributed by atoms with Crippen molar-refractivity contribution in [1.29, 1.82) is 0 Å². The van der Waals surface area contributed by atoms with Crippen molar-refractivity contribution in [2.24, 2.45) is 0 Å². The molecule has 4 aromatic carbocycles. The maximum absolute atomic E-state index is 15.0. The van der Waals surface area contributed by atoms with Gasteiger partial charge < -0.3 is 37.9 Å². The number of rotatable bonds is 10. The molecule has 4 aromatic rings. The summed E-state index contributed by atoms with van der Waals surface area (Å²) in [5.41, 5.74) is -12.7. The molecule has 0 N–H and O–H groups in total. The third-order valence-corrected chi connectivity index (χ3v) is 15.0. The third-order valence-electron chi connectivity index (χ3n) is 15.0. The van der Waals surface area contributed by atoms with Crippen LogP contribution in [-0.2, 0) is 97.9 Å². The number of para-hydroxylation sites is 4. The van der Waals surface area contributed by atoms with E-state index in [1.165, 1.54) is 48.5 Å². The average Bonchev–Trinajstić information content (AvgIpc) is 1.50. The number of imide groups is 4. The first-order valence-electron chi connectivity index (χ1n) is 27.9. The van der Waals surface area contributed by atoms with Crippen molar-refractivity contribution < 1.29 is 95.4 Å². The Morgan fingerprint density at radius 2 is 0.466 bits per heavy atom. The van der Waals surface area contributed by atoms with Gasteiger partial charge in [0.25, 0.3) is 0 Å². The highest BCUT2D eigenvalue weighted by Gasteiger charge is 2.76. The number of carbonyl (C=O) groups is 12. The molecule has 4 aliphatic rings. The van der Waals surface area contributed by atoms with E-state index in [-0.39, 0.29) is 45.0 Å². The Hall–Kier alpha value is -9.48. The predicted octanol–water partition coefficient (Wildman–Crippen LogP) is 9.10. The second kappa shape index (κ2) is 23.7. The number of methoxy groups -OCH3 is 4. The molecule has 0 unspecified atom stereocenters. The summed E-state index contributed by atoms with van der Waals surface area (Å²) in [5.74, 6) is -7.72. The summed E-state index contributed by atoms with van der Waals surface area (Å²) in [4.78, 5) is 171. The molecule has 4 aliphatic heterocycles. The van der Waals surface area contributed by atoms with Gasteiger partial charge in [0.15, 0.2) is 0 Å². The first kappa shape index (κ1) is 66.1. The molecule has 4 atom stereocenters. The molecule has 468 valence electrons. The molecular formula is C64H72N4O20. The second-order valence-electron chi connectivity index (χ2n) is 25.2. The number of esters is 4. The van der Waals surface area contributed by atoms with Crippen LogP contribution in [0.1, 0.15) is 131 Å². The summed E-state index contributed by atoms with van der Waals surface area (Å²) in [7, 11) is 4.43. The fourth-order valence-electron chi connectivity index (χ4n) is 11.8. The van der Waals surface area contributed by atoms with Gasteiger partial charge in [-0.3, -0.25) is 38.4 Å². The van der Waals surface area contributed by atoms with E-state index in [0.29, 0.717) is 0 Å². The van der Waals surface area contributed by atoms with Gasteiger partial charge in [0.1, 0.15) is 44.1 Å². The minimum atomic E-state index is -2.29. The van der Waals surface area contributed by atoms with Crippen molar-refractivity contribution in [3.63, 3.8) is 0 Å². The lowest BCUT2D eigenvalue weighted by molar-refractivity contribution is -0.152. The Balaban J connectivity index is 0.000000251. The zero-order valence-corrected chi connectivity index (χ0v) is 52.0. The summed E-state index contributed by atoms with van der Waals surface area (Å²) in [6, 6.07) is 24.4. The quantitative estimate of drug-likeness (QED) is 0.106. The summed E-state index contributed by atoms with van der Waals surface area (Å²) in [6.07, 6.45) is -7.35. The van der Waals surface area contributed by atoms with Gasteiger partial charge in [-0.25, -0.2) is 38.8 Å². The van der Waals surface area contributed by atoms with E-state index in [9.17, 15) is 57.5 Å². The molecule has 24 nitrogen and oxygen atoms in total. The molecule has 0 aliphatic carbocycles. The molecule has 88 heavy (non-hydrogen) atoms. The standard InChI is InChI=1S/2C32H36N2O10/c2*1-29(2,3)43-27(39)33-21-15-11-9-13-19(21)31(25(33)37,17-23(35)41-7)32(18-24(36)42-8)20-14-10-12-16-22(20)34(26(32)38)28(40)44-30(4,5)6/h2*9-16H,17-18H2,1-8H3/t2*31-,32-/m11/s1. The molecular weight excluding hydrogens is 1140 g/mol. The minimum absolute atomic E-state index is 0.0425. The maximum atomic E-state index is 15.0. The average molecular weight is 1220 g/mol. The first-order chi connectivity index (χ1) is 40.9. The van der Waals surface area contributed by atoms with Crippen molar-refractivity contribution in [3.8, 4) is 0 Å². The summed E-state index contributed by atoms with van der Waals surface area (Å²) < 4.78 is 42.4. The second-order valence-corrected chi connectivity index (χ2v) is 25.2. The van der Waals surface area contributed by atoms with Gasteiger partial charge in [-0.15, -0.1) is 0 Å². The van der Waals surface area contributed by atoms with Crippen LogP contribution in [0.4, 0.5) is 41.9 Å². The molecule has 0 saturated heterocycles. The lowest BCUT2D eigenvalue weighted by Gasteiger charge is -2.43. The van der Waals surface area contributed by atoms with Crippen LogP contribution in [0.5, 0.6) is 0 Å². The number of amides is 8. The van der Waals surface area contributed by atoms with Crippen molar-refractivity contribution in [3.05, 3.63) is 119 Å². The Labute approximate surface area is 508 Å². The monoisotopic (exact) mass is 1220 g/mol. The van der Waals surface area contributed by atoms with Crippen LogP contribution in [0.3, 0.4) is 0 Å². The number of carbonyl (C=O) groups excluding carboxylic acids is 12. The molecule has 0 fully saturated rings. The smallest absolute Gasteiger partial charge is 0.421 e. The number of hydrogen-bond donors (Lipinski definition) is 0. The van der Waals surface area contributed by atoms with E-state index < -0.39 is 142 Å². The number of fused-ring (bicyclic) bond motifs is 4. The van der Waals surface area contributed by atoms with Crippen molar-refractivity contribution in [2.75, 3.05) is 48.0 Å². The van der Waals surface area contributed by atoms with Gasteiger partial charge in [0.05, 0.1) is 76.9 Å². The van der Waals surface area contributed by atoms with Gasteiger partial charge >= 0.3 is 48.3 Å². The molecule has 0 saturated carbocycles. The fraction of sp³-hybridized carbons (Fsp3) is 0.438. The molecule has 4 heterocycles. The Morgan fingerprint density at radius 1 is 0.307 bits per heavy atom. The Morgan fingerprint density at radius 3 is 0.614 bits per heavy atom. The van der Waals surface area contributed by atoms with E-state index >= 15 is 0 Å². The molecule has 24 heteroatoms. The third kappa shape index (κ3) is 11.3. The predicted molar refractivity (Wildman–Crippen MR) is 314 cm³/mol. The van der Waals surface area contributed by atoms with Crippen LogP contribution in [0.25, 0.3) is 0 Å². The highest BCUT2D eigenvalue weighted by atomic mass is 16.6. The van der Waals surface area contributed by atoms with E-state index in [1.807, 2.05) is 0 Å². The SMILES string of the molecule is COC(=O)C[C@]1([C@@]2(CC(=O)OC)C(=O)N(C(=O)OC(C)(C)C)c3ccccc32)C(=O)N(C(=O)OC(C)(C)C)c2ccccc21.COC(=O)C[C@]1([C@@]2(CC(=O)OC)C(=O)N(C(=O)OC(C)(C)C)c3ccccc32)C(=O)N(C(=O)OC(C)(C)C)c2ccccc21. The molecule has 8 rings (SSSR count). The lowest BCUT2D eigenvalue weighted by atomic mass is 9.54. The van der Waals surface area contributed by atoms with Crippen molar-refractivity contribution >= 4 is 94.6 Å². The van der Waals surface area contributed by atoms with Crippen LogP contribution >= 0.6 is 0 Å². The largest absolute Gasteiger partial charge is 0.469 e. The molecule has 0 bridgehead atoms. The summed E-state index contributed by atoms with van der Waals surface area (Å²) >= 11 is 0. The van der Waals surface area contributed by atoms with Gasteiger partial charge in [-0.05, 0) is 130 Å². The molecule has 0 spiro atoms. The summed E-state index contributed by atoms with van der Waals surface area (Å²) in [5, 5.41) is 0. The maximum Gasteiger partial charge on any atom is 0.421 e. The van der Waals surface area contributed by atoms with Gasteiger partial charge in [0, 0.05) is 0 Å². The van der Waals surface area contributed by atoms with Crippen LogP contribution in [0.2, 0.25) is 0 Å². The van der Waals surface area contributed by atoms with Crippen LogP contribution < -0.4 is 19.6 Å². The Bertz CT molecular complexity index is 3100. The Kier molecular flexibility index (Phi) is 17.8. The highest BCUT2D eigenvalue weighted by molar-refractivity contribution is 6.32. The molecule has 0 radical (unpaired) electrons. The number of hydrogen-bond acceptors (Lipinski definition) is 20. The molecule has 0 aromatic heterocycles. The van der Waals surface area contributed by atoms with Gasteiger partial charge in [0.2, 0.25) is 23.6 Å². The van der Waals surface area contributed by atoms with Crippen molar-refractivity contribution in [2.45, 2.75) is 153 Å². The highest BCUT2D eigenvalue weighted by Crippen LogP contribution is 2.64. The topological polar surface area (TPSA) is 292 Å². The number of benzene rings is 4. The zero-order chi connectivity index (χ0) is 65.7. The number of nitrogens with zero attached hydrogens (tertiary/aromatic N) is 4. The first-order valence-corrected chi connectivity index (χ1v) is 27.9. The molecule has 8 amide bonds. The van der Waals surface area contributed by atoms with E-state index in [1.54, 1.807) is 132 Å². The lowest BCUT2D eigenvalue weighted by Crippen LogP contribution is -2.62. The van der Waals surface area contributed by atoms with Crippen LogP contribution in [-0.4, -0.2) is 123 Å². The van der Waals surface area contributed by atoms with Gasteiger partial charge in [-0.2, -0.15) is 0 Å². The number of anilines is 4. The van der Waals surface area contributed by atoms with Crippen LogP contribution in [0, 0.1) is 0 Å². The van der Waals surface area contributed by atoms with Crippen LogP contribution in [0.15, 0.2) is 97.1 Å². The zero-order valence-electron chi connectivity index (χ0n) is 52.0. The van der Waals surface area contributed by atoms with E-state index in [2.05, 4.69) is 0 Å². The summed E-state index contributed by atoms with van der Waals surface area (Å²) in [6.45, 7) is 19.4.